The largest absolute Gasteiger partial charge is 0.455 e. The maximum atomic E-state index is 6.34. The van der Waals surface area contributed by atoms with Crippen LogP contribution in [0.3, 0.4) is 0 Å². The monoisotopic (exact) mass is 576 g/mol. The third-order valence-electron chi connectivity index (χ3n) is 9.64. The second-order valence-electron chi connectivity index (χ2n) is 13.3. The fourth-order valence-electron chi connectivity index (χ4n) is 7.26. The van der Waals surface area contributed by atoms with Gasteiger partial charge in [-0.1, -0.05) is 154 Å². The first kappa shape index (κ1) is 26.0. The zero-order valence-electron chi connectivity index (χ0n) is 25.7. The minimum absolute atomic E-state index is 0.135. The Balaban J connectivity index is 1.17. The molecule has 0 radical (unpaired) electrons. The lowest BCUT2D eigenvalue weighted by atomic mass is 9.84. The second-order valence-corrected chi connectivity index (χ2v) is 13.3. The van der Waals surface area contributed by atoms with E-state index in [0.29, 0.717) is 0 Å². The summed E-state index contributed by atoms with van der Waals surface area (Å²) in [5.74, 6) is 0. The third-order valence-corrected chi connectivity index (χ3v) is 9.64. The highest BCUT2D eigenvalue weighted by atomic mass is 16.3. The fourth-order valence-corrected chi connectivity index (χ4v) is 7.26. The van der Waals surface area contributed by atoms with E-state index < -0.39 is 0 Å². The molecule has 0 atom stereocenters. The summed E-state index contributed by atoms with van der Waals surface area (Å²) >= 11 is 0. The molecule has 0 unspecified atom stereocenters. The summed E-state index contributed by atoms with van der Waals surface area (Å²) in [6.07, 6.45) is 0. The van der Waals surface area contributed by atoms with Crippen LogP contribution >= 0.6 is 0 Å². The summed E-state index contributed by atoms with van der Waals surface area (Å²) in [4.78, 5) is 0. The molecule has 0 saturated carbocycles. The standard InChI is InChI=1S/C44H32O/c1-44(2,3)32-21-17-28(18-22-32)34-24-20-31-16-15-30-19-23-33(37-25-26-38(34)42(31)41(30)37)27-11-13-29(14-12-27)35-8-6-9-39-36-7-4-5-10-40(36)45-43(35)39/h4-26H,1-3H3. The van der Waals surface area contributed by atoms with E-state index in [2.05, 4.69) is 148 Å². The lowest BCUT2D eigenvalue weighted by molar-refractivity contribution is 0.590. The van der Waals surface area contributed by atoms with Crippen LogP contribution in [0.4, 0.5) is 0 Å². The van der Waals surface area contributed by atoms with Crippen LogP contribution in [0.5, 0.6) is 0 Å². The van der Waals surface area contributed by atoms with Crippen LogP contribution in [0, 0.1) is 0 Å². The molecule has 1 nitrogen and oxygen atoms in total. The molecular weight excluding hydrogens is 544 g/mol. The molecule has 0 saturated heterocycles. The van der Waals surface area contributed by atoms with E-state index >= 15 is 0 Å². The van der Waals surface area contributed by atoms with Gasteiger partial charge in [-0.05, 0) is 77.2 Å². The Bertz CT molecular complexity index is 2540. The van der Waals surface area contributed by atoms with Crippen molar-refractivity contribution >= 4 is 54.3 Å². The molecule has 45 heavy (non-hydrogen) atoms. The first-order valence-corrected chi connectivity index (χ1v) is 15.8. The zero-order valence-corrected chi connectivity index (χ0v) is 25.7. The van der Waals surface area contributed by atoms with E-state index in [-0.39, 0.29) is 5.41 Å². The van der Waals surface area contributed by atoms with Gasteiger partial charge in [0.05, 0.1) is 0 Å². The summed E-state index contributed by atoms with van der Waals surface area (Å²) in [5, 5.41) is 10.2. The van der Waals surface area contributed by atoms with Crippen LogP contribution in [-0.2, 0) is 5.41 Å². The smallest absolute Gasteiger partial charge is 0.143 e. The van der Waals surface area contributed by atoms with Crippen molar-refractivity contribution in [2.45, 2.75) is 26.2 Å². The van der Waals surface area contributed by atoms with Crippen molar-refractivity contribution in [3.05, 3.63) is 145 Å². The highest BCUT2D eigenvalue weighted by molar-refractivity contribution is 6.27. The summed E-state index contributed by atoms with van der Waals surface area (Å²) < 4.78 is 6.34. The predicted molar refractivity (Wildman–Crippen MR) is 192 cm³/mol. The molecule has 214 valence electrons. The first-order valence-electron chi connectivity index (χ1n) is 15.8. The van der Waals surface area contributed by atoms with Gasteiger partial charge in [-0.15, -0.1) is 0 Å². The molecule has 9 rings (SSSR count). The van der Waals surface area contributed by atoms with Gasteiger partial charge in [0.25, 0.3) is 0 Å². The highest BCUT2D eigenvalue weighted by Crippen LogP contribution is 2.43. The molecular formula is C44H32O. The van der Waals surface area contributed by atoms with Gasteiger partial charge in [0.1, 0.15) is 11.2 Å². The number of para-hydroxylation sites is 2. The minimum Gasteiger partial charge on any atom is -0.455 e. The molecule has 0 aliphatic carbocycles. The molecule has 0 amide bonds. The van der Waals surface area contributed by atoms with Gasteiger partial charge < -0.3 is 4.42 Å². The van der Waals surface area contributed by atoms with Gasteiger partial charge in [-0.25, -0.2) is 0 Å². The maximum Gasteiger partial charge on any atom is 0.143 e. The Morgan fingerprint density at radius 2 is 0.911 bits per heavy atom. The Hall–Kier alpha value is -5.40. The first-order chi connectivity index (χ1) is 21.9. The quantitative estimate of drug-likeness (QED) is 0.191. The highest BCUT2D eigenvalue weighted by Gasteiger charge is 2.17. The van der Waals surface area contributed by atoms with Crippen LogP contribution in [0.25, 0.3) is 87.6 Å². The lowest BCUT2D eigenvalue weighted by Gasteiger charge is -2.20. The average molecular weight is 577 g/mol. The van der Waals surface area contributed by atoms with E-state index in [1.165, 1.54) is 60.1 Å². The van der Waals surface area contributed by atoms with Crippen LogP contribution in [0.1, 0.15) is 26.3 Å². The Labute approximate surface area is 262 Å². The number of rotatable bonds is 3. The molecule has 1 heterocycles. The van der Waals surface area contributed by atoms with Gasteiger partial charge in [0, 0.05) is 16.3 Å². The van der Waals surface area contributed by atoms with Crippen LogP contribution in [0.15, 0.2) is 144 Å². The maximum absolute atomic E-state index is 6.34. The van der Waals surface area contributed by atoms with Gasteiger partial charge in [0.2, 0.25) is 0 Å². The Morgan fingerprint density at radius 3 is 1.51 bits per heavy atom. The lowest BCUT2D eigenvalue weighted by Crippen LogP contribution is -2.10. The zero-order chi connectivity index (χ0) is 30.3. The SMILES string of the molecule is CC(C)(C)c1ccc(-c2ccc3ccc4ccc(-c5ccc(-c6cccc7c6oc6ccccc67)cc5)c5ccc2c3c45)cc1. The molecule has 0 spiro atoms. The van der Waals surface area contributed by atoms with Crippen molar-refractivity contribution in [2.75, 3.05) is 0 Å². The van der Waals surface area contributed by atoms with Crippen molar-refractivity contribution in [1.29, 1.82) is 0 Å². The summed E-state index contributed by atoms with van der Waals surface area (Å²) in [7, 11) is 0. The molecule has 0 aliphatic heterocycles. The molecule has 9 aromatic rings. The number of fused-ring (bicyclic) bond motifs is 3. The van der Waals surface area contributed by atoms with Gasteiger partial charge in [-0.3, -0.25) is 0 Å². The van der Waals surface area contributed by atoms with Crippen molar-refractivity contribution in [3.63, 3.8) is 0 Å². The molecule has 0 aliphatic rings. The van der Waals surface area contributed by atoms with Crippen molar-refractivity contribution < 1.29 is 4.42 Å². The Morgan fingerprint density at radius 1 is 0.400 bits per heavy atom. The fraction of sp³-hybridized carbons (Fsp3) is 0.0909. The third kappa shape index (κ3) is 4.01. The summed E-state index contributed by atoms with van der Waals surface area (Å²) in [5.41, 5.74) is 10.6. The minimum atomic E-state index is 0.135. The Kier molecular flexibility index (Phi) is 5.53. The van der Waals surface area contributed by atoms with E-state index in [1.807, 2.05) is 12.1 Å². The summed E-state index contributed by atoms with van der Waals surface area (Å²) in [6.45, 7) is 6.80. The number of furan rings is 1. The van der Waals surface area contributed by atoms with Gasteiger partial charge in [0.15, 0.2) is 0 Å². The van der Waals surface area contributed by atoms with Crippen LogP contribution in [0.2, 0.25) is 0 Å². The summed E-state index contributed by atoms with van der Waals surface area (Å²) in [6, 6.07) is 51.1. The molecule has 8 aromatic carbocycles. The topological polar surface area (TPSA) is 13.1 Å². The molecule has 1 aromatic heterocycles. The van der Waals surface area contributed by atoms with E-state index in [1.54, 1.807) is 0 Å². The normalized spacial score (nSPS) is 12.3. The number of benzene rings is 8. The molecule has 0 fully saturated rings. The molecule has 1 heteroatoms. The van der Waals surface area contributed by atoms with Crippen molar-refractivity contribution in [3.8, 4) is 33.4 Å². The number of hydrogen-bond donors (Lipinski definition) is 0. The van der Waals surface area contributed by atoms with Crippen molar-refractivity contribution in [1.82, 2.24) is 0 Å². The van der Waals surface area contributed by atoms with E-state index in [4.69, 9.17) is 4.42 Å². The van der Waals surface area contributed by atoms with Crippen molar-refractivity contribution in [2.24, 2.45) is 0 Å². The van der Waals surface area contributed by atoms with E-state index in [9.17, 15) is 0 Å². The van der Waals surface area contributed by atoms with Crippen LogP contribution < -0.4 is 0 Å². The van der Waals surface area contributed by atoms with Gasteiger partial charge in [-0.2, -0.15) is 0 Å². The molecule has 0 bridgehead atoms. The predicted octanol–water partition coefficient (Wildman–Crippen LogP) is 12.8. The van der Waals surface area contributed by atoms with E-state index in [0.717, 1.165) is 33.1 Å². The average Bonchev–Trinajstić information content (AvgIpc) is 3.46. The molecule has 0 N–H and O–H groups in total. The second kappa shape index (κ2) is 9.55. The van der Waals surface area contributed by atoms with Gasteiger partial charge >= 0.3 is 0 Å². The number of hydrogen-bond acceptors (Lipinski definition) is 1. The van der Waals surface area contributed by atoms with Crippen LogP contribution in [-0.4, -0.2) is 0 Å².